The molecule has 1 rings (SSSR count). The summed E-state index contributed by atoms with van der Waals surface area (Å²) in [5, 5.41) is 10.2. The molecule has 0 radical (unpaired) electrons. The third-order valence-electron chi connectivity index (χ3n) is 2.31. The summed E-state index contributed by atoms with van der Waals surface area (Å²) in [4.78, 5) is 0. The Balaban J connectivity index is 2.91. The highest BCUT2D eigenvalue weighted by Gasteiger charge is 2.24. The molecule has 0 saturated carbocycles. The Morgan fingerprint density at radius 2 is 2.07 bits per heavy atom. The van der Waals surface area contributed by atoms with Crippen LogP contribution in [0.1, 0.15) is 32.8 Å². The number of hydrogen-bond donors (Lipinski definition) is 2. The summed E-state index contributed by atoms with van der Waals surface area (Å²) in [6.45, 7) is 6.03. The van der Waals surface area contributed by atoms with Crippen LogP contribution in [0.5, 0.6) is 0 Å². The van der Waals surface area contributed by atoms with Gasteiger partial charge in [-0.15, -0.1) is 0 Å². The Hall–Kier alpha value is -1.02. The van der Waals surface area contributed by atoms with Gasteiger partial charge in [0.05, 0.1) is 5.60 Å². The monoisotopic (exact) mass is 193 g/mol. The molecule has 3 N–H and O–H groups in total. The molecule has 0 bridgehead atoms. The molecule has 0 heterocycles. The van der Waals surface area contributed by atoms with Crippen LogP contribution in [0.25, 0.3) is 0 Å². The highest BCUT2D eigenvalue weighted by Crippen LogP contribution is 2.28. The minimum absolute atomic E-state index is 0.464. The first-order valence-corrected chi connectivity index (χ1v) is 5.00. The first kappa shape index (κ1) is 11.1. The summed E-state index contributed by atoms with van der Waals surface area (Å²) in [6, 6.07) is 7.45. The predicted molar refractivity (Wildman–Crippen MR) is 59.9 cm³/mol. The van der Waals surface area contributed by atoms with Gasteiger partial charge in [0.25, 0.3) is 0 Å². The maximum Gasteiger partial charge on any atom is 0.0871 e. The molecule has 0 saturated heterocycles. The van der Waals surface area contributed by atoms with Gasteiger partial charge in [0, 0.05) is 5.69 Å². The number of nitrogens with two attached hydrogens (primary N) is 1. The van der Waals surface area contributed by atoms with E-state index in [9.17, 15) is 5.11 Å². The lowest BCUT2D eigenvalue weighted by atomic mass is 9.87. The van der Waals surface area contributed by atoms with Crippen molar-refractivity contribution in [1.82, 2.24) is 0 Å². The van der Waals surface area contributed by atoms with Gasteiger partial charge in [-0.3, -0.25) is 0 Å². The second-order valence-corrected chi connectivity index (χ2v) is 4.50. The van der Waals surface area contributed by atoms with Gasteiger partial charge in [-0.25, -0.2) is 0 Å². The van der Waals surface area contributed by atoms with E-state index in [0.717, 1.165) is 12.0 Å². The molecule has 1 aromatic rings. The maximum absolute atomic E-state index is 10.2. The molecule has 2 heteroatoms. The minimum atomic E-state index is -0.774. The van der Waals surface area contributed by atoms with Crippen LogP contribution in [0, 0.1) is 5.92 Å². The van der Waals surface area contributed by atoms with Crippen LogP contribution >= 0.6 is 0 Å². The fourth-order valence-corrected chi connectivity index (χ4v) is 1.79. The molecule has 0 aliphatic heterocycles. The lowest BCUT2D eigenvalue weighted by Gasteiger charge is -2.26. The number of anilines is 1. The third-order valence-corrected chi connectivity index (χ3v) is 2.31. The highest BCUT2D eigenvalue weighted by molar-refractivity contribution is 5.42. The summed E-state index contributed by atoms with van der Waals surface area (Å²) in [5.74, 6) is 0.464. The van der Waals surface area contributed by atoms with Gasteiger partial charge in [-0.2, -0.15) is 0 Å². The van der Waals surface area contributed by atoms with Crippen molar-refractivity contribution in [2.45, 2.75) is 32.8 Å². The van der Waals surface area contributed by atoms with E-state index in [2.05, 4.69) is 13.8 Å². The van der Waals surface area contributed by atoms with Crippen molar-refractivity contribution in [3.8, 4) is 0 Å². The van der Waals surface area contributed by atoms with E-state index in [4.69, 9.17) is 5.73 Å². The zero-order chi connectivity index (χ0) is 10.8. The van der Waals surface area contributed by atoms with Crippen molar-refractivity contribution in [3.05, 3.63) is 29.8 Å². The lowest BCUT2D eigenvalue weighted by molar-refractivity contribution is 0.0349. The molecule has 0 spiro atoms. The summed E-state index contributed by atoms with van der Waals surface area (Å²) in [7, 11) is 0. The number of benzene rings is 1. The number of rotatable bonds is 3. The Morgan fingerprint density at radius 3 is 2.57 bits per heavy atom. The molecule has 78 valence electrons. The van der Waals surface area contributed by atoms with Crippen molar-refractivity contribution in [2.75, 3.05) is 5.73 Å². The summed E-state index contributed by atoms with van der Waals surface area (Å²) < 4.78 is 0. The molecule has 0 aromatic heterocycles. The maximum atomic E-state index is 10.2. The molecule has 0 aliphatic rings. The highest BCUT2D eigenvalue weighted by atomic mass is 16.3. The lowest BCUT2D eigenvalue weighted by Crippen LogP contribution is -2.23. The summed E-state index contributed by atoms with van der Waals surface area (Å²) >= 11 is 0. The van der Waals surface area contributed by atoms with Gasteiger partial charge >= 0.3 is 0 Å². The molecule has 1 unspecified atom stereocenters. The molecule has 2 nitrogen and oxygen atoms in total. The number of hydrogen-bond acceptors (Lipinski definition) is 2. The zero-order valence-electron chi connectivity index (χ0n) is 9.12. The normalized spacial score (nSPS) is 15.5. The zero-order valence-corrected chi connectivity index (χ0v) is 9.12. The first-order chi connectivity index (χ1) is 6.42. The number of aliphatic hydroxyl groups is 1. The van der Waals surface area contributed by atoms with Crippen molar-refractivity contribution in [2.24, 2.45) is 5.92 Å². The van der Waals surface area contributed by atoms with Crippen LogP contribution in [0.2, 0.25) is 0 Å². The first-order valence-electron chi connectivity index (χ1n) is 5.00. The predicted octanol–water partition coefficient (Wildman–Crippen LogP) is 2.52. The van der Waals surface area contributed by atoms with Crippen LogP contribution in [0.15, 0.2) is 24.3 Å². The topological polar surface area (TPSA) is 46.2 Å². The van der Waals surface area contributed by atoms with Gasteiger partial charge in [-0.1, -0.05) is 26.0 Å². The van der Waals surface area contributed by atoms with Crippen LogP contribution in [0.4, 0.5) is 5.69 Å². The van der Waals surface area contributed by atoms with Crippen molar-refractivity contribution in [1.29, 1.82) is 0 Å². The molecule has 1 atom stereocenters. The Kier molecular flexibility index (Phi) is 3.17. The van der Waals surface area contributed by atoms with Crippen LogP contribution in [-0.4, -0.2) is 5.11 Å². The smallest absolute Gasteiger partial charge is 0.0871 e. The molecule has 0 aliphatic carbocycles. The second-order valence-electron chi connectivity index (χ2n) is 4.50. The fourth-order valence-electron chi connectivity index (χ4n) is 1.79. The Bertz CT molecular complexity index is 305. The van der Waals surface area contributed by atoms with Gasteiger partial charge in [0.15, 0.2) is 0 Å². The van der Waals surface area contributed by atoms with E-state index in [1.165, 1.54) is 0 Å². The standard InChI is InChI=1S/C12H19NO/c1-9(2)8-12(3,14)10-5-4-6-11(13)7-10/h4-7,9,14H,8,13H2,1-3H3. The average Bonchev–Trinajstić information content (AvgIpc) is 2.01. The quantitative estimate of drug-likeness (QED) is 0.724. The number of nitrogen functional groups attached to an aromatic ring is 1. The van der Waals surface area contributed by atoms with Crippen molar-refractivity contribution >= 4 is 5.69 Å². The Morgan fingerprint density at radius 1 is 1.43 bits per heavy atom. The van der Waals surface area contributed by atoms with Crippen LogP contribution < -0.4 is 5.73 Å². The average molecular weight is 193 g/mol. The van der Waals surface area contributed by atoms with Gasteiger partial charge in [0.1, 0.15) is 0 Å². The largest absolute Gasteiger partial charge is 0.399 e. The van der Waals surface area contributed by atoms with Gasteiger partial charge in [-0.05, 0) is 37.0 Å². The van der Waals surface area contributed by atoms with E-state index < -0.39 is 5.60 Å². The molecule has 14 heavy (non-hydrogen) atoms. The summed E-state index contributed by atoms with van der Waals surface area (Å²) in [5.41, 5.74) is 6.50. The Labute approximate surface area is 85.8 Å². The van der Waals surface area contributed by atoms with E-state index in [0.29, 0.717) is 11.6 Å². The van der Waals surface area contributed by atoms with E-state index in [1.54, 1.807) is 0 Å². The SMILES string of the molecule is CC(C)CC(C)(O)c1cccc(N)c1. The molecular weight excluding hydrogens is 174 g/mol. The summed E-state index contributed by atoms with van der Waals surface area (Å²) in [6.07, 6.45) is 0.746. The molecule has 1 aromatic carbocycles. The van der Waals surface area contributed by atoms with E-state index in [1.807, 2.05) is 31.2 Å². The van der Waals surface area contributed by atoms with E-state index >= 15 is 0 Å². The van der Waals surface area contributed by atoms with Gasteiger partial charge < -0.3 is 10.8 Å². The molecular formula is C12H19NO. The van der Waals surface area contributed by atoms with Crippen molar-refractivity contribution in [3.63, 3.8) is 0 Å². The molecule has 0 fully saturated rings. The van der Waals surface area contributed by atoms with Crippen LogP contribution in [-0.2, 0) is 5.60 Å². The fraction of sp³-hybridized carbons (Fsp3) is 0.500. The minimum Gasteiger partial charge on any atom is -0.399 e. The third kappa shape index (κ3) is 2.74. The van der Waals surface area contributed by atoms with Crippen LogP contribution in [0.3, 0.4) is 0 Å². The second kappa shape index (κ2) is 4.01. The van der Waals surface area contributed by atoms with E-state index in [-0.39, 0.29) is 0 Å². The van der Waals surface area contributed by atoms with Gasteiger partial charge in [0.2, 0.25) is 0 Å². The molecule has 0 amide bonds. The van der Waals surface area contributed by atoms with Crippen molar-refractivity contribution < 1.29 is 5.11 Å².